The highest BCUT2D eigenvalue weighted by molar-refractivity contribution is 5.69. The van der Waals surface area contributed by atoms with Crippen molar-refractivity contribution in [1.82, 2.24) is 0 Å². The molecule has 0 heterocycles. The Morgan fingerprint density at radius 2 is 1.11 bits per heavy atom. The molecular formula is C24H48O3. The lowest BCUT2D eigenvalue weighted by molar-refractivity contribution is -0.143. The summed E-state index contributed by atoms with van der Waals surface area (Å²) in [6.07, 6.45) is 21.6. The van der Waals surface area contributed by atoms with Crippen molar-refractivity contribution < 1.29 is 14.6 Å². The summed E-state index contributed by atoms with van der Waals surface area (Å²) in [6, 6.07) is 0. The van der Waals surface area contributed by atoms with Gasteiger partial charge in [0, 0.05) is 6.42 Å². The van der Waals surface area contributed by atoms with Crippen LogP contribution in [0.2, 0.25) is 0 Å². The van der Waals surface area contributed by atoms with Crippen molar-refractivity contribution in [2.75, 3.05) is 6.61 Å². The maximum atomic E-state index is 11.7. The van der Waals surface area contributed by atoms with E-state index < -0.39 is 0 Å². The highest BCUT2D eigenvalue weighted by Crippen LogP contribution is 2.14. The number of ether oxygens (including phenoxy) is 1. The Labute approximate surface area is 169 Å². The minimum atomic E-state index is -0.0942. The van der Waals surface area contributed by atoms with Crippen LogP contribution in [0.15, 0.2) is 0 Å². The molecule has 3 nitrogen and oxygen atoms in total. The fourth-order valence-corrected chi connectivity index (χ4v) is 3.45. The standard InChI is InChI=1S/C24H48O3/c1-3-5-7-9-14-18-22-27-24(26)21-17-13-11-10-12-16-20-23(25)19-15-8-6-4-2/h23,25H,3-22H2,1-2H3. The second-order valence-electron chi connectivity index (χ2n) is 8.15. The van der Waals surface area contributed by atoms with Crippen LogP contribution < -0.4 is 0 Å². The van der Waals surface area contributed by atoms with Crippen molar-refractivity contribution >= 4 is 5.97 Å². The molecule has 0 amide bonds. The van der Waals surface area contributed by atoms with E-state index in [-0.39, 0.29) is 12.1 Å². The molecular weight excluding hydrogens is 336 g/mol. The van der Waals surface area contributed by atoms with Crippen LogP contribution in [-0.4, -0.2) is 23.8 Å². The quantitative estimate of drug-likeness (QED) is 0.166. The van der Waals surface area contributed by atoms with E-state index in [1.165, 1.54) is 77.0 Å². The van der Waals surface area contributed by atoms with E-state index in [0.717, 1.165) is 38.5 Å². The molecule has 0 fully saturated rings. The summed E-state index contributed by atoms with van der Waals surface area (Å²) in [6.45, 7) is 5.05. The molecule has 0 rings (SSSR count). The highest BCUT2D eigenvalue weighted by atomic mass is 16.5. The minimum absolute atomic E-state index is 0.0187. The van der Waals surface area contributed by atoms with Gasteiger partial charge in [-0.2, -0.15) is 0 Å². The molecule has 3 heteroatoms. The van der Waals surface area contributed by atoms with Crippen LogP contribution in [-0.2, 0) is 9.53 Å². The van der Waals surface area contributed by atoms with E-state index in [9.17, 15) is 9.90 Å². The van der Waals surface area contributed by atoms with Crippen LogP contribution in [0.4, 0.5) is 0 Å². The number of esters is 1. The van der Waals surface area contributed by atoms with Crippen molar-refractivity contribution in [3.8, 4) is 0 Å². The molecule has 0 aromatic heterocycles. The number of hydrogen-bond acceptors (Lipinski definition) is 3. The van der Waals surface area contributed by atoms with Gasteiger partial charge in [0.2, 0.25) is 0 Å². The van der Waals surface area contributed by atoms with Gasteiger partial charge in [-0.15, -0.1) is 0 Å². The van der Waals surface area contributed by atoms with E-state index in [2.05, 4.69) is 13.8 Å². The summed E-state index contributed by atoms with van der Waals surface area (Å²) in [7, 11) is 0. The molecule has 1 N–H and O–H groups in total. The fraction of sp³-hybridized carbons (Fsp3) is 0.958. The molecule has 1 atom stereocenters. The van der Waals surface area contributed by atoms with Gasteiger partial charge >= 0.3 is 5.97 Å². The van der Waals surface area contributed by atoms with Crippen molar-refractivity contribution in [3.05, 3.63) is 0 Å². The molecule has 0 aromatic rings. The van der Waals surface area contributed by atoms with E-state index in [0.29, 0.717) is 13.0 Å². The number of aliphatic hydroxyl groups is 1. The lowest BCUT2D eigenvalue weighted by atomic mass is 10.0. The third-order valence-corrected chi connectivity index (χ3v) is 5.32. The number of unbranched alkanes of at least 4 members (excludes halogenated alkanes) is 13. The van der Waals surface area contributed by atoms with E-state index >= 15 is 0 Å². The second kappa shape index (κ2) is 21.7. The number of carbonyl (C=O) groups is 1. The maximum absolute atomic E-state index is 11.7. The Kier molecular flexibility index (Phi) is 21.3. The van der Waals surface area contributed by atoms with Crippen LogP contribution in [0.5, 0.6) is 0 Å². The molecule has 1 unspecified atom stereocenters. The Bertz CT molecular complexity index is 304. The summed E-state index contributed by atoms with van der Waals surface area (Å²) < 4.78 is 5.30. The first-order valence-corrected chi connectivity index (χ1v) is 12.0. The van der Waals surface area contributed by atoms with Gasteiger partial charge in [0.05, 0.1) is 12.7 Å². The first-order valence-electron chi connectivity index (χ1n) is 12.0. The van der Waals surface area contributed by atoms with Gasteiger partial charge in [0.15, 0.2) is 0 Å². The average Bonchev–Trinajstić information content (AvgIpc) is 2.66. The number of rotatable bonds is 21. The largest absolute Gasteiger partial charge is 0.466 e. The zero-order chi connectivity index (χ0) is 20.0. The predicted octanol–water partition coefficient (Wildman–Crippen LogP) is 7.34. The van der Waals surface area contributed by atoms with Gasteiger partial charge in [-0.25, -0.2) is 0 Å². The first kappa shape index (κ1) is 26.4. The van der Waals surface area contributed by atoms with Gasteiger partial charge in [0.25, 0.3) is 0 Å². The predicted molar refractivity (Wildman–Crippen MR) is 116 cm³/mol. The smallest absolute Gasteiger partial charge is 0.305 e. The molecule has 162 valence electrons. The molecule has 0 spiro atoms. The molecule has 0 aliphatic carbocycles. The molecule has 0 saturated carbocycles. The van der Waals surface area contributed by atoms with Crippen molar-refractivity contribution in [1.29, 1.82) is 0 Å². The molecule has 0 aliphatic heterocycles. The number of carbonyl (C=O) groups excluding carboxylic acids is 1. The van der Waals surface area contributed by atoms with Crippen LogP contribution in [0.1, 0.15) is 136 Å². The lowest BCUT2D eigenvalue weighted by Crippen LogP contribution is -2.06. The Morgan fingerprint density at radius 1 is 0.667 bits per heavy atom. The topological polar surface area (TPSA) is 46.5 Å². The van der Waals surface area contributed by atoms with Gasteiger partial charge < -0.3 is 9.84 Å². The van der Waals surface area contributed by atoms with Crippen molar-refractivity contribution in [2.24, 2.45) is 0 Å². The van der Waals surface area contributed by atoms with Crippen LogP contribution in [0.25, 0.3) is 0 Å². The van der Waals surface area contributed by atoms with Crippen LogP contribution >= 0.6 is 0 Å². The zero-order valence-electron chi connectivity index (χ0n) is 18.5. The van der Waals surface area contributed by atoms with Gasteiger partial charge in [0.1, 0.15) is 0 Å². The van der Waals surface area contributed by atoms with E-state index in [4.69, 9.17) is 4.74 Å². The minimum Gasteiger partial charge on any atom is -0.466 e. The number of hydrogen-bond donors (Lipinski definition) is 1. The number of aliphatic hydroxyl groups excluding tert-OH is 1. The van der Waals surface area contributed by atoms with Gasteiger partial charge in [-0.05, 0) is 25.7 Å². The Hall–Kier alpha value is -0.570. The Morgan fingerprint density at radius 3 is 1.70 bits per heavy atom. The first-order chi connectivity index (χ1) is 13.2. The summed E-state index contributed by atoms with van der Waals surface area (Å²) >= 11 is 0. The average molecular weight is 385 g/mol. The summed E-state index contributed by atoms with van der Waals surface area (Å²) in [5.41, 5.74) is 0. The Balaban J connectivity index is 3.23. The van der Waals surface area contributed by atoms with Crippen LogP contribution in [0, 0.1) is 0 Å². The summed E-state index contributed by atoms with van der Waals surface area (Å²) in [5, 5.41) is 9.94. The van der Waals surface area contributed by atoms with Crippen LogP contribution in [0.3, 0.4) is 0 Å². The summed E-state index contributed by atoms with van der Waals surface area (Å²) in [4.78, 5) is 11.7. The van der Waals surface area contributed by atoms with Gasteiger partial charge in [-0.3, -0.25) is 4.79 Å². The summed E-state index contributed by atoms with van der Waals surface area (Å²) in [5.74, 6) is -0.0187. The third-order valence-electron chi connectivity index (χ3n) is 5.32. The molecule has 0 bridgehead atoms. The second-order valence-corrected chi connectivity index (χ2v) is 8.15. The highest BCUT2D eigenvalue weighted by Gasteiger charge is 2.04. The normalized spacial score (nSPS) is 12.3. The molecule has 0 aliphatic rings. The molecule has 0 aromatic carbocycles. The monoisotopic (exact) mass is 384 g/mol. The van der Waals surface area contributed by atoms with E-state index in [1.54, 1.807) is 0 Å². The van der Waals surface area contributed by atoms with Crippen molar-refractivity contribution in [3.63, 3.8) is 0 Å². The molecule has 0 radical (unpaired) electrons. The lowest BCUT2D eigenvalue weighted by Gasteiger charge is -2.10. The third kappa shape index (κ3) is 21.6. The van der Waals surface area contributed by atoms with Gasteiger partial charge in [-0.1, -0.05) is 104 Å². The van der Waals surface area contributed by atoms with Crippen molar-refractivity contribution in [2.45, 2.75) is 142 Å². The van der Waals surface area contributed by atoms with E-state index in [1.807, 2.05) is 0 Å². The maximum Gasteiger partial charge on any atom is 0.305 e. The molecule has 0 saturated heterocycles. The zero-order valence-corrected chi connectivity index (χ0v) is 18.5. The molecule has 27 heavy (non-hydrogen) atoms. The SMILES string of the molecule is CCCCCCCCOC(=O)CCCCCCCCC(O)CCCCCC. The fourth-order valence-electron chi connectivity index (χ4n) is 3.45.